The summed E-state index contributed by atoms with van der Waals surface area (Å²) in [6, 6.07) is 0. The van der Waals surface area contributed by atoms with Gasteiger partial charge in [-0.3, -0.25) is 0 Å². The highest BCUT2D eigenvalue weighted by Crippen LogP contribution is 2.21. The van der Waals surface area contributed by atoms with E-state index in [1.807, 2.05) is 0 Å². The van der Waals surface area contributed by atoms with Crippen LogP contribution in [0, 0.1) is 0 Å². The van der Waals surface area contributed by atoms with Gasteiger partial charge in [0.25, 0.3) is 0 Å². The largest absolute Gasteiger partial charge is 0.328 e. The lowest BCUT2D eigenvalue weighted by molar-refractivity contribution is 0.309. The van der Waals surface area contributed by atoms with Crippen LogP contribution in [0.3, 0.4) is 0 Å². The molecule has 0 amide bonds. The van der Waals surface area contributed by atoms with Gasteiger partial charge in [-0.2, -0.15) is 0 Å². The Morgan fingerprint density at radius 1 is 0.818 bits per heavy atom. The van der Waals surface area contributed by atoms with Gasteiger partial charge < -0.3 is 28.6 Å². The Morgan fingerprint density at radius 2 is 0.909 bits per heavy atom. The zero-order valence-corrected chi connectivity index (χ0v) is 9.02. The van der Waals surface area contributed by atoms with Gasteiger partial charge in [-0.25, -0.2) is 0 Å². The van der Waals surface area contributed by atoms with Gasteiger partial charge in [0, 0.05) is 31.6 Å². The molecule has 67 valence electrons. The minimum Gasteiger partial charge on any atom is -0.328 e. The quantitative estimate of drug-likeness (QED) is 0.362. The maximum atomic E-state index is 7.76. The van der Waals surface area contributed by atoms with Crippen LogP contribution < -0.4 is 0 Å². The van der Waals surface area contributed by atoms with Crippen molar-refractivity contribution in [1.29, 1.82) is 0 Å². The smallest absolute Gasteiger partial charge is 0.326 e. The average Bonchev–Trinajstić information content (AvgIpc) is 1.89. The molecule has 0 aliphatic rings. The van der Waals surface area contributed by atoms with Crippen LogP contribution in [0.1, 0.15) is 0 Å². The van der Waals surface area contributed by atoms with Gasteiger partial charge in [-0.05, 0) is 0 Å². The van der Waals surface area contributed by atoms with Gasteiger partial charge in [0.15, 0.2) is 0 Å². The van der Waals surface area contributed by atoms with Crippen molar-refractivity contribution >= 4 is 34.6 Å². The van der Waals surface area contributed by atoms with E-state index in [0.29, 0.717) is 0 Å². The van der Waals surface area contributed by atoms with Crippen LogP contribution in [-0.4, -0.2) is 51.2 Å². The van der Waals surface area contributed by atoms with Gasteiger partial charge in [0.2, 0.25) is 0 Å². The van der Waals surface area contributed by atoms with Crippen molar-refractivity contribution in [3.05, 3.63) is 0 Å². The molecule has 0 unspecified atom stereocenters. The fourth-order valence-corrected chi connectivity index (χ4v) is 0. The molecule has 0 aliphatic heterocycles. The molecule has 0 bridgehead atoms. The highest BCUT2D eigenvalue weighted by atomic mass is 31.2. The number of hydrogen-bond acceptors (Lipinski definition) is 6. The third-order valence-electron chi connectivity index (χ3n) is 0.327. The molecule has 0 saturated heterocycles. The molecule has 0 aromatic carbocycles. The van der Waals surface area contributed by atoms with E-state index in [2.05, 4.69) is 9.05 Å². The Kier molecular flexibility index (Phi) is 22.5. The van der Waals surface area contributed by atoms with E-state index in [0.717, 1.165) is 0 Å². The number of rotatable bonds is 2. The summed E-state index contributed by atoms with van der Waals surface area (Å²) in [4.78, 5) is 31.0. The molecule has 11 heavy (non-hydrogen) atoms. The lowest BCUT2D eigenvalue weighted by Gasteiger charge is -1.89. The molecule has 0 aromatic heterocycles. The van der Waals surface area contributed by atoms with Crippen molar-refractivity contribution in [2.24, 2.45) is 0 Å². The van der Waals surface area contributed by atoms with Crippen LogP contribution in [0.15, 0.2) is 0 Å². The molecule has 0 aliphatic carbocycles. The van der Waals surface area contributed by atoms with E-state index < -0.39 is 17.2 Å². The maximum Gasteiger partial charge on any atom is 0.326 e. The van der Waals surface area contributed by atoms with E-state index in [1.54, 1.807) is 0 Å². The van der Waals surface area contributed by atoms with Gasteiger partial charge in [0.05, 0.1) is 0 Å². The van der Waals surface area contributed by atoms with Crippen LogP contribution in [0.25, 0.3) is 0 Å². The zero-order valence-electron chi connectivity index (χ0n) is 6.08. The van der Waals surface area contributed by atoms with Crippen LogP contribution >= 0.6 is 17.2 Å². The first-order valence-corrected chi connectivity index (χ1v) is 4.31. The summed E-state index contributed by atoms with van der Waals surface area (Å²) >= 11 is 0. The number of hydrogen-bond donors (Lipinski definition) is 4. The van der Waals surface area contributed by atoms with Crippen molar-refractivity contribution in [3.8, 4) is 0 Å². The SMILES string of the molecule is COP(O)O.COP(O)O.[Al]. The molecule has 0 heterocycles. The molecule has 6 nitrogen and oxygen atoms in total. The van der Waals surface area contributed by atoms with E-state index in [1.165, 1.54) is 14.2 Å². The summed E-state index contributed by atoms with van der Waals surface area (Å²) in [6.07, 6.45) is 0. The Bertz CT molecular complexity index is 54.5. The minimum absolute atomic E-state index is 0. The van der Waals surface area contributed by atoms with E-state index >= 15 is 0 Å². The summed E-state index contributed by atoms with van der Waals surface area (Å²) in [7, 11) is -1.74. The van der Waals surface area contributed by atoms with Crippen LogP contribution in [0.5, 0.6) is 0 Å². The third-order valence-corrected chi connectivity index (χ3v) is 0.980. The second-order valence-electron chi connectivity index (χ2n) is 0.871. The predicted octanol–water partition coefficient (Wildman–Crippen LogP) is -0.692. The normalized spacial score (nSPS) is 8.73. The summed E-state index contributed by atoms with van der Waals surface area (Å²) in [5, 5.41) is 0. The summed E-state index contributed by atoms with van der Waals surface area (Å²) in [5.41, 5.74) is 0. The third kappa shape index (κ3) is 35.2. The van der Waals surface area contributed by atoms with Crippen LogP contribution in [-0.2, 0) is 9.05 Å². The fraction of sp³-hybridized carbons (Fsp3) is 1.00. The first-order chi connectivity index (χ1) is 4.54. The molecular weight excluding hydrogens is 209 g/mol. The topological polar surface area (TPSA) is 99.4 Å². The first-order valence-electron chi connectivity index (χ1n) is 1.98. The lowest BCUT2D eigenvalue weighted by atomic mass is 11.8. The van der Waals surface area contributed by atoms with E-state index in [4.69, 9.17) is 19.6 Å². The highest BCUT2D eigenvalue weighted by Gasteiger charge is 1.86. The van der Waals surface area contributed by atoms with Crippen molar-refractivity contribution in [3.63, 3.8) is 0 Å². The van der Waals surface area contributed by atoms with E-state index in [-0.39, 0.29) is 17.4 Å². The summed E-state index contributed by atoms with van der Waals surface area (Å²) in [5.74, 6) is 0. The summed E-state index contributed by atoms with van der Waals surface area (Å²) in [6.45, 7) is 0. The molecule has 0 atom stereocenters. The summed E-state index contributed by atoms with van der Waals surface area (Å²) < 4.78 is 7.85. The average molecular weight is 219 g/mol. The Morgan fingerprint density at radius 3 is 0.909 bits per heavy atom. The predicted molar refractivity (Wildman–Crippen MR) is 42.5 cm³/mol. The monoisotopic (exact) mass is 219 g/mol. The van der Waals surface area contributed by atoms with Crippen molar-refractivity contribution in [1.82, 2.24) is 0 Å². The van der Waals surface area contributed by atoms with Crippen LogP contribution in [0.4, 0.5) is 0 Å². The molecular formula is C2H10AlO6P2. The highest BCUT2D eigenvalue weighted by molar-refractivity contribution is 7.39. The fourth-order valence-electron chi connectivity index (χ4n) is 0. The minimum atomic E-state index is -2.10. The second-order valence-corrected chi connectivity index (χ2v) is 2.61. The van der Waals surface area contributed by atoms with E-state index in [9.17, 15) is 0 Å². The Hall–Kier alpha value is 1.15. The molecule has 9 heteroatoms. The zero-order chi connectivity index (χ0) is 8.57. The molecule has 4 N–H and O–H groups in total. The molecule has 0 fully saturated rings. The maximum absolute atomic E-state index is 7.76. The first kappa shape index (κ1) is 18.0. The molecule has 0 aromatic rings. The lowest BCUT2D eigenvalue weighted by Crippen LogP contribution is -1.67. The molecule has 0 spiro atoms. The molecule has 0 saturated carbocycles. The van der Waals surface area contributed by atoms with Crippen molar-refractivity contribution < 1.29 is 28.6 Å². The molecule has 3 radical (unpaired) electrons. The van der Waals surface area contributed by atoms with Crippen molar-refractivity contribution in [2.75, 3.05) is 14.2 Å². The van der Waals surface area contributed by atoms with Gasteiger partial charge in [-0.15, -0.1) is 0 Å². The van der Waals surface area contributed by atoms with Gasteiger partial charge in [-0.1, -0.05) is 0 Å². The van der Waals surface area contributed by atoms with Gasteiger partial charge in [0.1, 0.15) is 0 Å². The standard InChI is InChI=1S/2CH5O3P.Al/c2*1-4-5(2)3;/h2*2-3H,1H3;. The van der Waals surface area contributed by atoms with Gasteiger partial charge >= 0.3 is 17.2 Å². The second kappa shape index (κ2) is 13.7. The Balaban J connectivity index is -0.000000107. The van der Waals surface area contributed by atoms with Crippen molar-refractivity contribution in [2.45, 2.75) is 0 Å². The van der Waals surface area contributed by atoms with Crippen LogP contribution in [0.2, 0.25) is 0 Å². The Labute approximate surface area is 77.9 Å². The molecule has 0 rings (SSSR count).